The molecule has 0 aliphatic carbocycles. The Bertz CT molecular complexity index is 624. The Kier molecular flexibility index (Phi) is 6.09. The highest BCUT2D eigenvalue weighted by atomic mass is 16.2. The summed E-state index contributed by atoms with van der Waals surface area (Å²) in [7, 11) is 1.76. The van der Waals surface area contributed by atoms with E-state index in [1.807, 2.05) is 30.3 Å². The average Bonchev–Trinajstić information content (AvgIpc) is 2.61. The predicted octanol–water partition coefficient (Wildman–Crippen LogP) is 3.38. The molecule has 1 aromatic heterocycles. The SMILES string of the molecule is CCCN(CCC)c1nccc(C(=O)N(C)c2ccccc2)n1. The van der Waals surface area contributed by atoms with Crippen molar-refractivity contribution in [3.63, 3.8) is 0 Å². The number of rotatable bonds is 7. The van der Waals surface area contributed by atoms with Crippen molar-refractivity contribution < 1.29 is 4.79 Å². The topological polar surface area (TPSA) is 49.3 Å². The second-order valence-electron chi connectivity index (χ2n) is 5.43. The van der Waals surface area contributed by atoms with Crippen molar-refractivity contribution in [3.05, 3.63) is 48.3 Å². The molecule has 0 unspecified atom stereocenters. The number of hydrogen-bond donors (Lipinski definition) is 0. The molecule has 23 heavy (non-hydrogen) atoms. The smallest absolute Gasteiger partial charge is 0.276 e. The van der Waals surface area contributed by atoms with E-state index in [0.29, 0.717) is 11.6 Å². The summed E-state index contributed by atoms with van der Waals surface area (Å²) in [5, 5.41) is 0. The summed E-state index contributed by atoms with van der Waals surface area (Å²) in [6, 6.07) is 11.2. The average molecular weight is 312 g/mol. The largest absolute Gasteiger partial charge is 0.341 e. The van der Waals surface area contributed by atoms with Crippen LogP contribution in [0, 0.1) is 0 Å². The van der Waals surface area contributed by atoms with Crippen molar-refractivity contribution in [2.24, 2.45) is 0 Å². The summed E-state index contributed by atoms with van der Waals surface area (Å²) >= 11 is 0. The van der Waals surface area contributed by atoms with Gasteiger partial charge in [0.1, 0.15) is 5.69 Å². The number of benzene rings is 1. The summed E-state index contributed by atoms with van der Waals surface area (Å²) < 4.78 is 0. The second kappa shape index (κ2) is 8.27. The van der Waals surface area contributed by atoms with Crippen molar-refractivity contribution >= 4 is 17.5 Å². The Morgan fingerprint density at radius 3 is 2.30 bits per heavy atom. The van der Waals surface area contributed by atoms with Gasteiger partial charge < -0.3 is 9.80 Å². The first kappa shape index (κ1) is 16.9. The third-order valence-electron chi connectivity index (χ3n) is 3.58. The summed E-state index contributed by atoms with van der Waals surface area (Å²) in [4.78, 5) is 25.2. The van der Waals surface area contributed by atoms with E-state index in [0.717, 1.165) is 31.6 Å². The van der Waals surface area contributed by atoms with Gasteiger partial charge in [0, 0.05) is 32.0 Å². The third-order valence-corrected chi connectivity index (χ3v) is 3.58. The van der Waals surface area contributed by atoms with Crippen LogP contribution in [0.15, 0.2) is 42.6 Å². The van der Waals surface area contributed by atoms with E-state index < -0.39 is 0 Å². The molecule has 0 saturated heterocycles. The Morgan fingerprint density at radius 2 is 1.70 bits per heavy atom. The van der Waals surface area contributed by atoms with E-state index in [1.165, 1.54) is 0 Å². The van der Waals surface area contributed by atoms with Crippen LogP contribution in [-0.4, -0.2) is 36.0 Å². The Labute approximate surface area is 138 Å². The van der Waals surface area contributed by atoms with Gasteiger partial charge in [-0.05, 0) is 31.0 Å². The molecule has 1 aromatic carbocycles. The lowest BCUT2D eigenvalue weighted by Crippen LogP contribution is -2.30. The van der Waals surface area contributed by atoms with Crippen LogP contribution >= 0.6 is 0 Å². The third kappa shape index (κ3) is 4.28. The highest BCUT2D eigenvalue weighted by Crippen LogP contribution is 2.15. The van der Waals surface area contributed by atoms with Crippen LogP contribution in [0.4, 0.5) is 11.6 Å². The van der Waals surface area contributed by atoms with E-state index in [2.05, 4.69) is 28.7 Å². The van der Waals surface area contributed by atoms with Gasteiger partial charge >= 0.3 is 0 Å². The fourth-order valence-corrected chi connectivity index (χ4v) is 2.41. The minimum absolute atomic E-state index is 0.132. The van der Waals surface area contributed by atoms with E-state index >= 15 is 0 Å². The van der Waals surface area contributed by atoms with E-state index in [9.17, 15) is 4.79 Å². The molecule has 0 fully saturated rings. The number of carbonyl (C=O) groups is 1. The highest BCUT2D eigenvalue weighted by Gasteiger charge is 2.17. The number of nitrogens with zero attached hydrogens (tertiary/aromatic N) is 4. The monoisotopic (exact) mass is 312 g/mol. The first-order chi connectivity index (χ1) is 11.2. The fourth-order valence-electron chi connectivity index (χ4n) is 2.41. The van der Waals surface area contributed by atoms with Gasteiger partial charge in [-0.1, -0.05) is 32.0 Å². The maximum Gasteiger partial charge on any atom is 0.276 e. The van der Waals surface area contributed by atoms with Crippen molar-refractivity contribution in [3.8, 4) is 0 Å². The maximum atomic E-state index is 12.7. The summed E-state index contributed by atoms with van der Waals surface area (Å²) in [5.41, 5.74) is 1.26. The second-order valence-corrected chi connectivity index (χ2v) is 5.43. The molecule has 5 nitrogen and oxygen atoms in total. The Morgan fingerprint density at radius 1 is 1.04 bits per heavy atom. The molecular weight excluding hydrogens is 288 g/mol. The zero-order valence-electron chi connectivity index (χ0n) is 14.1. The van der Waals surface area contributed by atoms with Crippen LogP contribution in [0.1, 0.15) is 37.2 Å². The van der Waals surface area contributed by atoms with Gasteiger partial charge in [0.25, 0.3) is 5.91 Å². The van der Waals surface area contributed by atoms with Crippen LogP contribution in [0.3, 0.4) is 0 Å². The van der Waals surface area contributed by atoms with Gasteiger partial charge in [-0.15, -0.1) is 0 Å². The van der Waals surface area contributed by atoms with Gasteiger partial charge in [0.15, 0.2) is 0 Å². The molecule has 0 bridgehead atoms. The lowest BCUT2D eigenvalue weighted by molar-refractivity contribution is 0.0988. The van der Waals surface area contributed by atoms with Crippen LogP contribution in [-0.2, 0) is 0 Å². The molecule has 5 heteroatoms. The molecule has 0 N–H and O–H groups in total. The number of aromatic nitrogens is 2. The highest BCUT2D eigenvalue weighted by molar-refractivity contribution is 6.04. The lowest BCUT2D eigenvalue weighted by Gasteiger charge is -2.22. The minimum Gasteiger partial charge on any atom is -0.341 e. The van der Waals surface area contributed by atoms with Crippen LogP contribution in [0.5, 0.6) is 0 Å². The van der Waals surface area contributed by atoms with E-state index in [4.69, 9.17) is 0 Å². The molecule has 0 aliphatic rings. The zero-order valence-corrected chi connectivity index (χ0v) is 14.1. The van der Waals surface area contributed by atoms with Gasteiger partial charge in [0.05, 0.1) is 0 Å². The molecular formula is C18H24N4O. The van der Waals surface area contributed by atoms with Gasteiger partial charge in [0.2, 0.25) is 5.95 Å². The van der Waals surface area contributed by atoms with Crippen molar-refractivity contribution in [2.75, 3.05) is 29.9 Å². The zero-order chi connectivity index (χ0) is 16.7. The lowest BCUT2D eigenvalue weighted by atomic mass is 10.2. The summed E-state index contributed by atoms with van der Waals surface area (Å²) in [6.07, 6.45) is 3.70. The molecule has 2 rings (SSSR count). The van der Waals surface area contributed by atoms with E-state index in [1.54, 1.807) is 24.2 Å². The van der Waals surface area contributed by atoms with Gasteiger partial charge in [-0.2, -0.15) is 0 Å². The molecule has 0 aliphatic heterocycles. The Balaban J connectivity index is 2.23. The number of para-hydroxylation sites is 1. The normalized spacial score (nSPS) is 10.4. The molecule has 1 heterocycles. The van der Waals surface area contributed by atoms with Gasteiger partial charge in [-0.3, -0.25) is 4.79 Å². The van der Waals surface area contributed by atoms with E-state index in [-0.39, 0.29) is 5.91 Å². The molecule has 2 aromatic rings. The summed E-state index contributed by atoms with van der Waals surface area (Å²) in [6.45, 7) is 6.03. The molecule has 0 saturated carbocycles. The molecule has 122 valence electrons. The number of carbonyl (C=O) groups excluding carboxylic acids is 1. The molecule has 0 spiro atoms. The molecule has 0 atom stereocenters. The Hall–Kier alpha value is -2.43. The number of anilines is 2. The minimum atomic E-state index is -0.132. The van der Waals surface area contributed by atoms with Crippen LogP contribution in [0.2, 0.25) is 0 Å². The van der Waals surface area contributed by atoms with Crippen molar-refractivity contribution in [1.29, 1.82) is 0 Å². The number of amides is 1. The molecule has 1 amide bonds. The number of hydrogen-bond acceptors (Lipinski definition) is 4. The van der Waals surface area contributed by atoms with Crippen LogP contribution in [0.25, 0.3) is 0 Å². The van der Waals surface area contributed by atoms with Crippen LogP contribution < -0.4 is 9.80 Å². The quantitative estimate of drug-likeness (QED) is 0.786. The summed E-state index contributed by atoms with van der Waals surface area (Å²) in [5.74, 6) is 0.494. The standard InChI is InChI=1S/C18H24N4O/c1-4-13-22(14-5-2)18-19-12-11-16(20-18)17(23)21(3)15-9-7-6-8-10-15/h6-12H,4-5,13-14H2,1-3H3. The van der Waals surface area contributed by atoms with Crippen molar-refractivity contribution in [2.45, 2.75) is 26.7 Å². The van der Waals surface area contributed by atoms with Gasteiger partial charge in [-0.25, -0.2) is 9.97 Å². The maximum absolute atomic E-state index is 12.7. The predicted molar refractivity (Wildman–Crippen MR) is 94.0 cm³/mol. The molecule has 0 radical (unpaired) electrons. The first-order valence-corrected chi connectivity index (χ1v) is 8.08. The fraction of sp³-hybridized carbons (Fsp3) is 0.389. The van der Waals surface area contributed by atoms with Crippen molar-refractivity contribution in [1.82, 2.24) is 9.97 Å². The first-order valence-electron chi connectivity index (χ1n) is 8.08.